The molecule has 4 heteroatoms. The third-order valence-electron chi connectivity index (χ3n) is 5.18. The zero-order valence-corrected chi connectivity index (χ0v) is 14.9. The van der Waals surface area contributed by atoms with Gasteiger partial charge in [-0.05, 0) is 35.9 Å². The monoisotopic (exact) mass is 339 g/mol. The Hall–Kier alpha value is -1.36. The average Bonchev–Trinajstić information content (AvgIpc) is 2.67. The van der Waals surface area contributed by atoms with Crippen molar-refractivity contribution in [2.24, 2.45) is 0 Å². The van der Waals surface area contributed by atoms with E-state index in [0.717, 1.165) is 13.0 Å². The van der Waals surface area contributed by atoms with E-state index in [2.05, 4.69) is 51.2 Å². The molecule has 0 aliphatic carbocycles. The van der Waals surface area contributed by atoms with Crippen LogP contribution in [0.25, 0.3) is 0 Å². The number of thioether (sulfide) groups is 1. The fourth-order valence-electron chi connectivity index (χ4n) is 3.82. The fourth-order valence-corrected chi connectivity index (χ4v) is 4.93. The summed E-state index contributed by atoms with van der Waals surface area (Å²) in [6.07, 6.45) is 4.24. The van der Waals surface area contributed by atoms with E-state index in [1.54, 1.807) is 5.56 Å². The van der Waals surface area contributed by atoms with Gasteiger partial charge in [-0.3, -0.25) is 9.88 Å². The summed E-state index contributed by atoms with van der Waals surface area (Å²) in [5.74, 6) is 1.25. The molecule has 3 heterocycles. The molecule has 126 valence electrons. The fraction of sp³-hybridized carbons (Fsp3) is 0.450. The maximum atomic E-state index is 4.44. The molecule has 4 rings (SSSR count). The molecule has 1 fully saturated rings. The van der Waals surface area contributed by atoms with Crippen LogP contribution in [0.4, 0.5) is 0 Å². The Balaban J connectivity index is 1.32. The van der Waals surface area contributed by atoms with E-state index in [-0.39, 0.29) is 0 Å². The number of hydrogen-bond donors (Lipinski definition) is 0. The van der Waals surface area contributed by atoms with Gasteiger partial charge in [0.2, 0.25) is 0 Å². The van der Waals surface area contributed by atoms with Crippen molar-refractivity contribution in [1.82, 2.24) is 14.8 Å². The molecule has 0 amide bonds. The summed E-state index contributed by atoms with van der Waals surface area (Å²) in [4.78, 5) is 11.2. The van der Waals surface area contributed by atoms with Gasteiger partial charge in [0.1, 0.15) is 0 Å². The van der Waals surface area contributed by atoms with Gasteiger partial charge in [-0.25, -0.2) is 0 Å². The number of rotatable bonds is 4. The summed E-state index contributed by atoms with van der Waals surface area (Å²) in [7, 11) is 0. The molecule has 0 radical (unpaired) electrons. The molecule has 0 saturated carbocycles. The normalized spacial score (nSPS) is 22.2. The number of pyridine rings is 1. The molecule has 1 unspecified atom stereocenters. The zero-order chi connectivity index (χ0) is 16.2. The maximum Gasteiger partial charge on any atom is 0.0416 e. The van der Waals surface area contributed by atoms with Gasteiger partial charge in [0.15, 0.2) is 0 Å². The quantitative estimate of drug-likeness (QED) is 0.849. The highest BCUT2D eigenvalue weighted by Gasteiger charge is 2.28. The van der Waals surface area contributed by atoms with Crippen molar-refractivity contribution < 1.29 is 0 Å². The number of nitrogens with zero attached hydrogens (tertiary/aromatic N) is 3. The predicted molar refractivity (Wildman–Crippen MR) is 100 cm³/mol. The van der Waals surface area contributed by atoms with E-state index in [0.29, 0.717) is 6.04 Å². The Kier molecular flexibility index (Phi) is 5.16. The standard InChI is InChI=1S/C20H25N3S/c1-2-7-20-18(6-1)19(9-16-24-20)23-14-12-22(13-15-23)11-8-17-5-3-4-10-21-17/h1-7,10,19H,8-9,11-16H2. The van der Waals surface area contributed by atoms with Crippen molar-refractivity contribution in [3.63, 3.8) is 0 Å². The van der Waals surface area contributed by atoms with E-state index >= 15 is 0 Å². The van der Waals surface area contributed by atoms with Crippen LogP contribution in [0.1, 0.15) is 23.7 Å². The van der Waals surface area contributed by atoms with E-state index in [1.165, 1.54) is 48.9 Å². The maximum absolute atomic E-state index is 4.44. The first kappa shape index (κ1) is 16.1. The SMILES string of the molecule is c1ccc(CCN2CCN(C3CCSc4ccccc43)CC2)nc1. The van der Waals surface area contributed by atoms with Crippen molar-refractivity contribution >= 4 is 11.8 Å². The molecule has 24 heavy (non-hydrogen) atoms. The third-order valence-corrected chi connectivity index (χ3v) is 6.31. The van der Waals surface area contributed by atoms with E-state index in [4.69, 9.17) is 0 Å². The lowest BCUT2D eigenvalue weighted by Crippen LogP contribution is -2.48. The molecule has 3 nitrogen and oxygen atoms in total. The van der Waals surface area contributed by atoms with Gasteiger partial charge in [-0.2, -0.15) is 0 Å². The lowest BCUT2D eigenvalue weighted by atomic mass is 10.0. The van der Waals surface area contributed by atoms with Gasteiger partial charge in [-0.1, -0.05) is 24.3 Å². The predicted octanol–water partition coefficient (Wildman–Crippen LogP) is 3.48. The summed E-state index contributed by atoms with van der Waals surface area (Å²) in [5.41, 5.74) is 2.76. The molecule has 0 spiro atoms. The van der Waals surface area contributed by atoms with Crippen molar-refractivity contribution in [1.29, 1.82) is 0 Å². The van der Waals surface area contributed by atoms with E-state index in [9.17, 15) is 0 Å². The van der Waals surface area contributed by atoms with Crippen LogP contribution in [0.2, 0.25) is 0 Å². The van der Waals surface area contributed by atoms with Crippen molar-refractivity contribution in [3.8, 4) is 0 Å². The minimum absolute atomic E-state index is 0.625. The number of benzene rings is 1. The Labute approximate surface area is 149 Å². The molecule has 1 aromatic carbocycles. The first-order valence-electron chi connectivity index (χ1n) is 8.98. The van der Waals surface area contributed by atoms with Gasteiger partial charge >= 0.3 is 0 Å². The number of hydrogen-bond acceptors (Lipinski definition) is 4. The molecular formula is C20H25N3S. The van der Waals surface area contributed by atoms with E-state index < -0.39 is 0 Å². The number of fused-ring (bicyclic) bond motifs is 1. The van der Waals surface area contributed by atoms with Gasteiger partial charge in [0.05, 0.1) is 0 Å². The summed E-state index contributed by atoms with van der Waals surface area (Å²) in [6, 6.07) is 15.8. The average molecular weight is 340 g/mol. The lowest BCUT2D eigenvalue weighted by Gasteiger charge is -2.41. The van der Waals surface area contributed by atoms with Crippen molar-refractivity contribution in [3.05, 3.63) is 59.9 Å². The van der Waals surface area contributed by atoms with Crippen molar-refractivity contribution in [2.75, 3.05) is 38.5 Å². The Morgan fingerprint density at radius 1 is 1.00 bits per heavy atom. The topological polar surface area (TPSA) is 19.4 Å². The van der Waals surface area contributed by atoms with Crippen LogP contribution >= 0.6 is 11.8 Å². The van der Waals surface area contributed by atoms with Gasteiger partial charge in [0.25, 0.3) is 0 Å². The number of aromatic nitrogens is 1. The minimum atomic E-state index is 0.625. The first-order chi connectivity index (χ1) is 11.9. The largest absolute Gasteiger partial charge is 0.300 e. The second-order valence-corrected chi connectivity index (χ2v) is 7.78. The summed E-state index contributed by atoms with van der Waals surface area (Å²) in [5, 5.41) is 0. The number of piperazine rings is 1. The first-order valence-corrected chi connectivity index (χ1v) is 9.97. The highest BCUT2D eigenvalue weighted by molar-refractivity contribution is 7.99. The van der Waals surface area contributed by atoms with Gasteiger partial charge < -0.3 is 4.90 Å². The van der Waals surface area contributed by atoms with Gasteiger partial charge in [0, 0.05) is 62.0 Å². The molecule has 1 saturated heterocycles. The van der Waals surface area contributed by atoms with Crippen LogP contribution in [-0.4, -0.2) is 53.3 Å². The lowest BCUT2D eigenvalue weighted by molar-refractivity contribution is 0.0931. The summed E-state index contributed by atoms with van der Waals surface area (Å²) in [6.45, 7) is 5.86. The molecule has 2 aliphatic rings. The van der Waals surface area contributed by atoms with Crippen LogP contribution in [-0.2, 0) is 6.42 Å². The highest BCUT2D eigenvalue weighted by atomic mass is 32.2. The smallest absolute Gasteiger partial charge is 0.0416 e. The second kappa shape index (κ2) is 7.68. The molecule has 1 atom stereocenters. The van der Waals surface area contributed by atoms with Crippen LogP contribution in [0.3, 0.4) is 0 Å². The molecular weight excluding hydrogens is 314 g/mol. The van der Waals surface area contributed by atoms with Crippen LogP contribution in [0, 0.1) is 0 Å². The van der Waals surface area contributed by atoms with Gasteiger partial charge in [-0.15, -0.1) is 11.8 Å². The third kappa shape index (κ3) is 3.66. The van der Waals surface area contributed by atoms with Crippen LogP contribution in [0.5, 0.6) is 0 Å². The Morgan fingerprint density at radius 2 is 1.83 bits per heavy atom. The van der Waals surface area contributed by atoms with Crippen LogP contribution in [0.15, 0.2) is 53.6 Å². The summed E-state index contributed by atoms with van der Waals surface area (Å²) >= 11 is 2.02. The highest BCUT2D eigenvalue weighted by Crippen LogP contribution is 2.39. The Morgan fingerprint density at radius 3 is 2.67 bits per heavy atom. The molecule has 1 aromatic heterocycles. The van der Waals surface area contributed by atoms with E-state index in [1.807, 2.05) is 24.0 Å². The molecule has 0 N–H and O–H groups in total. The second-order valence-electron chi connectivity index (χ2n) is 6.64. The van der Waals surface area contributed by atoms with Crippen LogP contribution < -0.4 is 0 Å². The minimum Gasteiger partial charge on any atom is -0.300 e. The molecule has 0 bridgehead atoms. The molecule has 2 aromatic rings. The zero-order valence-electron chi connectivity index (χ0n) is 14.1. The van der Waals surface area contributed by atoms with Crippen molar-refractivity contribution in [2.45, 2.75) is 23.8 Å². The molecule has 2 aliphatic heterocycles. The Bertz CT molecular complexity index is 653. The summed E-state index contributed by atoms with van der Waals surface area (Å²) < 4.78 is 0.